The molecule has 1 amide bonds. The number of nitrogens with zero attached hydrogens (tertiary/aromatic N) is 2. The molecule has 7 nitrogen and oxygen atoms in total. The van der Waals surface area contributed by atoms with Gasteiger partial charge in [0.1, 0.15) is 23.1 Å². The van der Waals surface area contributed by atoms with E-state index in [2.05, 4.69) is 4.98 Å². The first-order valence-electron chi connectivity index (χ1n) is 12.0. The van der Waals surface area contributed by atoms with Crippen LogP contribution in [-0.2, 0) is 9.59 Å². The first-order valence-corrected chi connectivity index (χ1v) is 12.8. The van der Waals surface area contributed by atoms with Gasteiger partial charge in [0, 0.05) is 5.56 Å². The number of halogens is 1. The molecule has 0 spiro atoms. The Morgan fingerprint density at radius 1 is 1.08 bits per heavy atom. The summed E-state index contributed by atoms with van der Waals surface area (Å²) >= 11 is 1.09. The van der Waals surface area contributed by atoms with Gasteiger partial charge in [-0.15, -0.1) is 0 Å². The molecule has 1 saturated heterocycles. The molecule has 194 valence electrons. The summed E-state index contributed by atoms with van der Waals surface area (Å²) in [6.45, 7) is 4.53. The molecule has 0 aliphatic carbocycles. The monoisotopic (exact) mass is 532 g/mol. The van der Waals surface area contributed by atoms with Crippen molar-refractivity contribution < 1.29 is 28.6 Å². The highest BCUT2D eigenvalue weighted by atomic mass is 32.1. The maximum Gasteiger partial charge on any atom is 0.301 e. The van der Waals surface area contributed by atoms with E-state index >= 15 is 0 Å². The van der Waals surface area contributed by atoms with Crippen molar-refractivity contribution in [2.45, 2.75) is 19.9 Å². The fraction of sp³-hybridized carbons (Fsp3) is 0.207. The molecule has 2 heterocycles. The first-order chi connectivity index (χ1) is 18.3. The van der Waals surface area contributed by atoms with E-state index in [1.165, 1.54) is 30.2 Å². The molecule has 5 rings (SSSR count). The van der Waals surface area contributed by atoms with Crippen LogP contribution in [0.2, 0.25) is 0 Å². The highest BCUT2D eigenvalue weighted by molar-refractivity contribution is 7.22. The van der Waals surface area contributed by atoms with E-state index in [0.29, 0.717) is 45.4 Å². The number of fused-ring (bicyclic) bond motifs is 1. The van der Waals surface area contributed by atoms with Gasteiger partial charge in [0.05, 0.1) is 35.5 Å². The summed E-state index contributed by atoms with van der Waals surface area (Å²) < 4.78 is 25.4. The van der Waals surface area contributed by atoms with Gasteiger partial charge in [-0.3, -0.25) is 14.5 Å². The van der Waals surface area contributed by atoms with Crippen molar-refractivity contribution in [3.63, 3.8) is 0 Å². The normalized spacial score (nSPS) is 17.0. The highest BCUT2D eigenvalue weighted by Crippen LogP contribution is 2.44. The lowest BCUT2D eigenvalue weighted by atomic mass is 9.95. The molecule has 4 aromatic rings. The maximum absolute atomic E-state index is 13.8. The summed E-state index contributed by atoms with van der Waals surface area (Å²) in [5.41, 5.74) is 1.33. The van der Waals surface area contributed by atoms with Gasteiger partial charge in [-0.2, -0.15) is 0 Å². The van der Waals surface area contributed by atoms with Crippen LogP contribution in [-0.4, -0.2) is 35.5 Å². The van der Waals surface area contributed by atoms with Crippen molar-refractivity contribution in [3.8, 4) is 11.5 Å². The number of hydrogen-bond donors (Lipinski definition) is 1. The van der Waals surface area contributed by atoms with Gasteiger partial charge in [-0.05, 0) is 53.9 Å². The highest BCUT2D eigenvalue weighted by Gasteiger charge is 2.48. The van der Waals surface area contributed by atoms with E-state index in [1.807, 2.05) is 13.8 Å². The van der Waals surface area contributed by atoms with Crippen LogP contribution in [0.5, 0.6) is 11.5 Å². The second-order valence-electron chi connectivity index (χ2n) is 9.28. The Morgan fingerprint density at radius 2 is 1.84 bits per heavy atom. The molecule has 1 aromatic heterocycles. The van der Waals surface area contributed by atoms with E-state index in [9.17, 15) is 19.1 Å². The minimum Gasteiger partial charge on any atom is -0.507 e. The topological polar surface area (TPSA) is 89.0 Å². The van der Waals surface area contributed by atoms with Crippen molar-refractivity contribution in [1.29, 1.82) is 0 Å². The number of thiazole rings is 1. The Hall–Kier alpha value is -4.24. The second-order valence-corrected chi connectivity index (χ2v) is 10.3. The zero-order valence-corrected chi connectivity index (χ0v) is 21.8. The maximum atomic E-state index is 13.8. The fourth-order valence-electron chi connectivity index (χ4n) is 4.27. The van der Waals surface area contributed by atoms with Gasteiger partial charge in [-0.25, -0.2) is 9.37 Å². The molecule has 1 aliphatic heterocycles. The minimum absolute atomic E-state index is 0.0772. The zero-order chi connectivity index (χ0) is 27.0. The van der Waals surface area contributed by atoms with Crippen molar-refractivity contribution in [2.75, 3.05) is 18.6 Å². The Labute approximate surface area is 222 Å². The molecule has 1 atom stereocenters. The molecule has 0 bridgehead atoms. The van der Waals surface area contributed by atoms with Crippen molar-refractivity contribution in [1.82, 2.24) is 4.98 Å². The molecule has 9 heteroatoms. The summed E-state index contributed by atoms with van der Waals surface area (Å²) in [5.74, 6) is -1.01. The van der Waals surface area contributed by atoms with Gasteiger partial charge in [-0.1, -0.05) is 49.4 Å². The van der Waals surface area contributed by atoms with Crippen LogP contribution in [0.3, 0.4) is 0 Å². The SMILES string of the molecule is COc1ccc(C2/C(=C(\O)c3cccc(OCC(C)C)c3)C(=O)C(=O)N2c2nc3ccc(F)cc3s2)cc1. The number of amides is 1. The number of carbonyl (C=O) groups excluding carboxylic acids is 2. The summed E-state index contributed by atoms with van der Waals surface area (Å²) in [5, 5.41) is 11.6. The Morgan fingerprint density at radius 3 is 2.55 bits per heavy atom. The third-order valence-corrected chi connectivity index (χ3v) is 7.13. The van der Waals surface area contributed by atoms with E-state index in [-0.39, 0.29) is 16.5 Å². The summed E-state index contributed by atoms with van der Waals surface area (Å²) in [4.78, 5) is 32.6. The van der Waals surface area contributed by atoms with Crippen LogP contribution in [0.4, 0.5) is 9.52 Å². The van der Waals surface area contributed by atoms with Gasteiger partial charge in [0.2, 0.25) is 0 Å². The molecule has 1 fully saturated rings. The molecular formula is C29H25FN2O5S. The number of aliphatic hydroxyl groups excluding tert-OH is 1. The molecule has 0 radical (unpaired) electrons. The lowest BCUT2D eigenvalue weighted by Crippen LogP contribution is -2.29. The van der Waals surface area contributed by atoms with Crippen LogP contribution >= 0.6 is 11.3 Å². The van der Waals surface area contributed by atoms with Crippen molar-refractivity contribution in [3.05, 3.63) is 89.2 Å². The Kier molecular flexibility index (Phi) is 6.86. The number of Topliss-reactive ketones (excluding diaryl/α,β-unsaturated/α-hetero) is 1. The van der Waals surface area contributed by atoms with Gasteiger partial charge in [0.15, 0.2) is 5.13 Å². The van der Waals surface area contributed by atoms with Crippen molar-refractivity contribution in [2.24, 2.45) is 5.92 Å². The number of ketones is 1. The lowest BCUT2D eigenvalue weighted by molar-refractivity contribution is -0.132. The summed E-state index contributed by atoms with van der Waals surface area (Å²) in [6.07, 6.45) is 0. The number of aliphatic hydroxyl groups is 1. The predicted octanol–water partition coefficient (Wildman–Crippen LogP) is 6.11. The molecule has 3 aromatic carbocycles. The van der Waals surface area contributed by atoms with E-state index in [0.717, 1.165) is 11.3 Å². The third-order valence-electron chi connectivity index (χ3n) is 6.11. The Balaban J connectivity index is 1.66. The smallest absolute Gasteiger partial charge is 0.301 e. The number of aromatic nitrogens is 1. The number of carbonyl (C=O) groups is 2. The minimum atomic E-state index is -0.966. The number of benzene rings is 3. The quantitative estimate of drug-likeness (QED) is 0.176. The molecule has 1 aliphatic rings. The van der Waals surface area contributed by atoms with E-state index in [1.54, 1.807) is 48.5 Å². The second kappa shape index (κ2) is 10.3. The fourth-order valence-corrected chi connectivity index (χ4v) is 5.29. The van der Waals surface area contributed by atoms with Crippen molar-refractivity contribution >= 4 is 44.1 Å². The van der Waals surface area contributed by atoms with Crippen LogP contribution in [0.25, 0.3) is 16.0 Å². The number of ether oxygens (including phenoxy) is 2. The molecule has 1 N–H and O–H groups in total. The molecule has 1 unspecified atom stereocenters. The number of hydrogen-bond acceptors (Lipinski definition) is 7. The van der Waals surface area contributed by atoms with Gasteiger partial charge >= 0.3 is 5.91 Å². The lowest BCUT2D eigenvalue weighted by Gasteiger charge is -2.23. The average Bonchev–Trinajstić information content (AvgIpc) is 3.44. The van der Waals surface area contributed by atoms with Gasteiger partial charge < -0.3 is 14.6 Å². The third kappa shape index (κ3) is 4.72. The van der Waals surface area contributed by atoms with E-state index < -0.39 is 23.5 Å². The number of methoxy groups -OCH3 is 1. The van der Waals surface area contributed by atoms with Gasteiger partial charge in [0.25, 0.3) is 5.78 Å². The van der Waals surface area contributed by atoms with Crippen LogP contribution in [0, 0.1) is 11.7 Å². The summed E-state index contributed by atoms with van der Waals surface area (Å²) in [6, 6.07) is 16.8. The predicted molar refractivity (Wildman–Crippen MR) is 144 cm³/mol. The molecular weight excluding hydrogens is 507 g/mol. The number of anilines is 1. The van der Waals surface area contributed by atoms with Crippen LogP contribution < -0.4 is 14.4 Å². The molecule has 0 saturated carbocycles. The van der Waals surface area contributed by atoms with Crippen LogP contribution in [0.1, 0.15) is 31.0 Å². The largest absolute Gasteiger partial charge is 0.507 e. The molecule has 38 heavy (non-hydrogen) atoms. The Bertz CT molecular complexity index is 1560. The van der Waals surface area contributed by atoms with Crippen LogP contribution in [0.15, 0.2) is 72.3 Å². The zero-order valence-electron chi connectivity index (χ0n) is 21.0. The average molecular weight is 533 g/mol. The number of rotatable bonds is 7. The summed E-state index contributed by atoms with van der Waals surface area (Å²) in [7, 11) is 1.54. The first kappa shape index (κ1) is 25.4. The van der Waals surface area contributed by atoms with E-state index in [4.69, 9.17) is 9.47 Å². The standard InChI is InChI=1S/C29H25FN2O5S/c1-16(2)15-37-21-6-4-5-18(13-21)26(33)24-25(17-7-10-20(36-3)11-8-17)32(28(35)27(24)34)29-31-22-12-9-19(30)14-23(22)38-29/h4-14,16,25,33H,15H2,1-3H3/b26-24+.